The van der Waals surface area contributed by atoms with Crippen LogP contribution in [0, 0.1) is 12.8 Å². The van der Waals surface area contributed by atoms with Crippen LogP contribution in [-0.2, 0) is 13.0 Å². The Labute approximate surface area is 149 Å². The van der Waals surface area contributed by atoms with Gasteiger partial charge in [-0.15, -0.1) is 0 Å². The number of aromatic nitrogens is 2. The topological polar surface area (TPSA) is 58.1 Å². The number of nitrogens with one attached hydrogen (secondary N) is 1. The highest BCUT2D eigenvalue weighted by Gasteiger charge is 2.23. The molecule has 1 atom stereocenters. The summed E-state index contributed by atoms with van der Waals surface area (Å²) in [6, 6.07) is 7.97. The van der Waals surface area contributed by atoms with Gasteiger partial charge in [-0.1, -0.05) is 13.0 Å². The summed E-state index contributed by atoms with van der Waals surface area (Å²) in [5.41, 5.74) is 3.94. The average molecular weight is 338 g/mol. The fourth-order valence-electron chi connectivity index (χ4n) is 3.15. The number of amides is 1. The number of hydrogen-bond acceptors (Lipinski definition) is 4. The first-order valence-electron chi connectivity index (χ1n) is 9.01. The molecule has 25 heavy (non-hydrogen) atoms. The van der Waals surface area contributed by atoms with E-state index in [1.807, 2.05) is 25.3 Å². The highest BCUT2D eigenvalue weighted by atomic mass is 16.1. The Bertz CT molecular complexity index is 697. The van der Waals surface area contributed by atoms with Crippen LogP contribution in [0.15, 0.2) is 36.7 Å². The fraction of sp³-hybridized carbons (Fsp3) is 0.450. The normalized spacial score (nSPS) is 17.6. The zero-order chi connectivity index (χ0) is 17.6. The molecular weight excluding hydrogens is 312 g/mol. The molecule has 0 spiro atoms. The summed E-state index contributed by atoms with van der Waals surface area (Å²) < 4.78 is 0. The Hall–Kier alpha value is -2.27. The van der Waals surface area contributed by atoms with Crippen molar-refractivity contribution in [3.05, 3.63) is 59.2 Å². The van der Waals surface area contributed by atoms with Gasteiger partial charge < -0.3 is 5.32 Å². The van der Waals surface area contributed by atoms with Crippen molar-refractivity contribution in [3.8, 4) is 0 Å². The SMILES string of the molecule is CCc1ccc(CN2CC[C@@H](CNC(=O)c3ccc(C)nc3)C2)nc1. The molecule has 2 aromatic rings. The third kappa shape index (κ3) is 4.86. The first-order chi connectivity index (χ1) is 12.1. The van der Waals surface area contributed by atoms with Crippen molar-refractivity contribution in [3.63, 3.8) is 0 Å². The predicted molar refractivity (Wildman–Crippen MR) is 98.3 cm³/mol. The molecule has 0 saturated carbocycles. The van der Waals surface area contributed by atoms with Gasteiger partial charge >= 0.3 is 0 Å². The van der Waals surface area contributed by atoms with E-state index in [1.165, 1.54) is 5.56 Å². The highest BCUT2D eigenvalue weighted by Crippen LogP contribution is 2.18. The summed E-state index contributed by atoms with van der Waals surface area (Å²) in [5.74, 6) is 0.458. The van der Waals surface area contributed by atoms with Gasteiger partial charge in [-0.3, -0.25) is 19.7 Å². The highest BCUT2D eigenvalue weighted by molar-refractivity contribution is 5.93. The summed E-state index contributed by atoms with van der Waals surface area (Å²) in [6.07, 6.45) is 5.74. The molecule has 2 aromatic heterocycles. The molecule has 1 amide bonds. The van der Waals surface area contributed by atoms with E-state index in [0.29, 0.717) is 18.0 Å². The average Bonchev–Trinajstić information content (AvgIpc) is 3.08. The Morgan fingerprint density at radius 1 is 1.24 bits per heavy atom. The van der Waals surface area contributed by atoms with Crippen molar-refractivity contribution in [1.82, 2.24) is 20.2 Å². The monoisotopic (exact) mass is 338 g/mol. The summed E-state index contributed by atoms with van der Waals surface area (Å²) in [5, 5.41) is 3.04. The van der Waals surface area contributed by atoms with Crippen LogP contribution in [0.1, 0.15) is 40.7 Å². The molecule has 0 bridgehead atoms. The van der Waals surface area contributed by atoms with Crippen molar-refractivity contribution in [2.24, 2.45) is 5.92 Å². The van der Waals surface area contributed by atoms with Gasteiger partial charge in [0.05, 0.1) is 11.3 Å². The Morgan fingerprint density at radius 2 is 2.12 bits per heavy atom. The van der Waals surface area contributed by atoms with Crippen molar-refractivity contribution in [2.45, 2.75) is 33.2 Å². The molecule has 1 aliphatic heterocycles. The molecule has 1 N–H and O–H groups in total. The van der Waals surface area contributed by atoms with Crippen molar-refractivity contribution < 1.29 is 4.79 Å². The fourth-order valence-corrected chi connectivity index (χ4v) is 3.15. The Morgan fingerprint density at radius 3 is 2.80 bits per heavy atom. The summed E-state index contributed by atoms with van der Waals surface area (Å²) in [7, 11) is 0. The van der Waals surface area contributed by atoms with E-state index in [2.05, 4.69) is 39.2 Å². The Kier molecular flexibility index (Phi) is 5.76. The number of hydrogen-bond donors (Lipinski definition) is 1. The lowest BCUT2D eigenvalue weighted by Crippen LogP contribution is -2.31. The first-order valence-corrected chi connectivity index (χ1v) is 9.01. The van der Waals surface area contributed by atoms with Crippen molar-refractivity contribution in [2.75, 3.05) is 19.6 Å². The van der Waals surface area contributed by atoms with E-state index < -0.39 is 0 Å². The molecule has 0 radical (unpaired) electrons. The van der Waals surface area contributed by atoms with Gasteiger partial charge in [0.1, 0.15) is 0 Å². The Balaban J connectivity index is 1.44. The van der Waals surface area contributed by atoms with Gasteiger partial charge in [0.2, 0.25) is 0 Å². The van der Waals surface area contributed by atoms with Gasteiger partial charge in [0.15, 0.2) is 0 Å². The molecule has 1 saturated heterocycles. The standard InChI is InChI=1S/C20H26N4O/c1-3-16-5-7-19(22-10-16)14-24-9-8-17(13-24)11-23-20(25)18-6-4-15(2)21-12-18/h4-7,10,12,17H,3,8-9,11,13-14H2,1-2H3,(H,23,25)/t17-/m0/s1. The molecule has 132 valence electrons. The van der Waals surface area contributed by atoms with E-state index >= 15 is 0 Å². The van der Waals surface area contributed by atoms with Gasteiger partial charge in [0.25, 0.3) is 5.91 Å². The summed E-state index contributed by atoms with van der Waals surface area (Å²) in [6.45, 7) is 7.72. The molecule has 5 nitrogen and oxygen atoms in total. The summed E-state index contributed by atoms with van der Waals surface area (Å²) >= 11 is 0. The second kappa shape index (κ2) is 8.21. The van der Waals surface area contributed by atoms with E-state index in [9.17, 15) is 4.79 Å². The van der Waals surface area contributed by atoms with Gasteiger partial charge in [0, 0.05) is 37.7 Å². The largest absolute Gasteiger partial charge is 0.352 e. The molecule has 5 heteroatoms. The summed E-state index contributed by atoms with van der Waals surface area (Å²) in [4.78, 5) is 23.3. The first kappa shape index (κ1) is 17.5. The quantitative estimate of drug-likeness (QED) is 0.879. The number of carbonyl (C=O) groups excluding carboxylic acids is 1. The number of likely N-dealkylation sites (tertiary alicyclic amines) is 1. The third-order valence-electron chi connectivity index (χ3n) is 4.77. The predicted octanol–water partition coefficient (Wildman–Crippen LogP) is 2.60. The van der Waals surface area contributed by atoms with E-state index in [0.717, 1.165) is 43.9 Å². The van der Waals surface area contributed by atoms with Crippen LogP contribution in [0.2, 0.25) is 0 Å². The van der Waals surface area contributed by atoms with E-state index in [1.54, 1.807) is 6.20 Å². The van der Waals surface area contributed by atoms with Gasteiger partial charge in [-0.2, -0.15) is 0 Å². The minimum absolute atomic E-state index is 0.0391. The number of aryl methyl sites for hydroxylation is 2. The lowest BCUT2D eigenvalue weighted by atomic mass is 10.1. The van der Waals surface area contributed by atoms with E-state index in [-0.39, 0.29) is 5.91 Å². The van der Waals surface area contributed by atoms with Crippen LogP contribution < -0.4 is 5.32 Å². The number of rotatable bonds is 6. The second-order valence-electron chi connectivity index (χ2n) is 6.80. The zero-order valence-corrected chi connectivity index (χ0v) is 15.0. The molecular formula is C20H26N4O. The molecule has 0 aromatic carbocycles. The van der Waals surface area contributed by atoms with E-state index in [4.69, 9.17) is 0 Å². The van der Waals surface area contributed by atoms with Crippen LogP contribution in [0.5, 0.6) is 0 Å². The maximum atomic E-state index is 12.2. The van der Waals surface area contributed by atoms with Crippen LogP contribution in [0.3, 0.4) is 0 Å². The molecule has 3 heterocycles. The maximum Gasteiger partial charge on any atom is 0.252 e. The third-order valence-corrected chi connectivity index (χ3v) is 4.77. The van der Waals surface area contributed by atoms with Crippen LogP contribution >= 0.6 is 0 Å². The minimum atomic E-state index is -0.0391. The molecule has 0 aliphatic carbocycles. The maximum absolute atomic E-state index is 12.2. The van der Waals surface area contributed by atoms with Gasteiger partial charge in [-0.05, 0) is 56.0 Å². The smallest absolute Gasteiger partial charge is 0.252 e. The van der Waals surface area contributed by atoms with Gasteiger partial charge in [-0.25, -0.2) is 0 Å². The lowest BCUT2D eigenvalue weighted by Gasteiger charge is -2.16. The molecule has 1 aliphatic rings. The minimum Gasteiger partial charge on any atom is -0.352 e. The van der Waals surface area contributed by atoms with Crippen LogP contribution in [-0.4, -0.2) is 40.4 Å². The van der Waals surface area contributed by atoms with Crippen LogP contribution in [0.4, 0.5) is 0 Å². The molecule has 0 unspecified atom stereocenters. The second-order valence-corrected chi connectivity index (χ2v) is 6.80. The number of nitrogens with zero attached hydrogens (tertiary/aromatic N) is 3. The molecule has 3 rings (SSSR count). The van der Waals surface area contributed by atoms with Crippen molar-refractivity contribution in [1.29, 1.82) is 0 Å². The van der Waals surface area contributed by atoms with Crippen LogP contribution in [0.25, 0.3) is 0 Å². The number of pyridine rings is 2. The zero-order valence-electron chi connectivity index (χ0n) is 15.0. The lowest BCUT2D eigenvalue weighted by molar-refractivity contribution is 0.0947. The molecule has 1 fully saturated rings. The van der Waals surface area contributed by atoms with Crippen molar-refractivity contribution >= 4 is 5.91 Å². The number of carbonyl (C=O) groups is 1.